The summed E-state index contributed by atoms with van der Waals surface area (Å²) in [6, 6.07) is 3.70. The maximum atomic E-state index is 11.7. The first kappa shape index (κ1) is 16.3. The predicted molar refractivity (Wildman–Crippen MR) is 92.8 cm³/mol. The zero-order valence-electron chi connectivity index (χ0n) is 11.7. The van der Waals surface area contributed by atoms with Gasteiger partial charge in [-0.05, 0) is 53.5 Å². The first-order valence-electron chi connectivity index (χ1n) is 6.19. The van der Waals surface area contributed by atoms with Crippen molar-refractivity contribution in [1.29, 1.82) is 0 Å². The van der Waals surface area contributed by atoms with Gasteiger partial charge in [-0.15, -0.1) is 0 Å². The first-order valence-corrected chi connectivity index (χ1v) is 8.21. The standard InChI is InChI=1S/C14H14BrNO3S2/c1-7(2)19-12-9(15)4-8(5-10(12)18-3)6-11-13(17)16-14(20)21-11/h4-7H,1-3H3,(H,16,17,20). The second kappa shape index (κ2) is 6.81. The maximum absolute atomic E-state index is 11.7. The molecule has 0 saturated carbocycles. The van der Waals surface area contributed by atoms with E-state index >= 15 is 0 Å². The molecule has 0 aromatic heterocycles. The van der Waals surface area contributed by atoms with Crippen LogP contribution in [-0.4, -0.2) is 23.4 Å². The molecule has 1 amide bonds. The summed E-state index contributed by atoms with van der Waals surface area (Å²) < 4.78 is 12.3. The van der Waals surface area contributed by atoms with Crippen LogP contribution in [0.15, 0.2) is 21.5 Å². The third-order valence-corrected chi connectivity index (χ3v) is 4.30. The van der Waals surface area contributed by atoms with Crippen LogP contribution in [0.1, 0.15) is 19.4 Å². The Bertz CT molecular complexity index is 629. The van der Waals surface area contributed by atoms with Gasteiger partial charge < -0.3 is 14.8 Å². The second-order valence-corrected chi connectivity index (χ2v) is 7.13. The highest BCUT2D eigenvalue weighted by molar-refractivity contribution is 9.10. The molecule has 0 spiro atoms. The monoisotopic (exact) mass is 387 g/mol. The molecule has 0 atom stereocenters. The fraction of sp³-hybridized carbons (Fsp3) is 0.286. The number of ether oxygens (including phenoxy) is 2. The third-order valence-electron chi connectivity index (χ3n) is 2.55. The van der Waals surface area contributed by atoms with E-state index in [2.05, 4.69) is 21.2 Å². The van der Waals surface area contributed by atoms with Gasteiger partial charge in [0.2, 0.25) is 0 Å². The number of nitrogens with one attached hydrogen (secondary N) is 1. The molecule has 1 heterocycles. The molecule has 0 bridgehead atoms. The lowest BCUT2D eigenvalue weighted by molar-refractivity contribution is -0.115. The number of hydrogen-bond donors (Lipinski definition) is 1. The molecular formula is C14H14BrNO3S2. The van der Waals surface area contributed by atoms with E-state index in [9.17, 15) is 4.79 Å². The predicted octanol–water partition coefficient (Wildman–Crippen LogP) is 3.73. The number of amides is 1. The van der Waals surface area contributed by atoms with Crippen molar-refractivity contribution in [2.75, 3.05) is 7.11 Å². The van der Waals surface area contributed by atoms with E-state index in [4.69, 9.17) is 21.7 Å². The lowest BCUT2D eigenvalue weighted by atomic mass is 10.2. The van der Waals surface area contributed by atoms with Crippen LogP contribution in [0.4, 0.5) is 0 Å². The van der Waals surface area contributed by atoms with Crippen LogP contribution in [0.25, 0.3) is 6.08 Å². The Morgan fingerprint density at radius 2 is 2.14 bits per heavy atom. The molecule has 4 nitrogen and oxygen atoms in total. The van der Waals surface area contributed by atoms with Crippen LogP contribution in [0.2, 0.25) is 0 Å². The molecule has 1 saturated heterocycles. The number of hydrogen-bond acceptors (Lipinski definition) is 5. The normalized spacial score (nSPS) is 16.5. The van der Waals surface area contributed by atoms with Crippen molar-refractivity contribution in [1.82, 2.24) is 5.32 Å². The Morgan fingerprint density at radius 1 is 1.43 bits per heavy atom. The molecule has 112 valence electrons. The minimum Gasteiger partial charge on any atom is -0.493 e. The minimum absolute atomic E-state index is 0.0351. The molecular weight excluding hydrogens is 374 g/mol. The molecule has 0 radical (unpaired) electrons. The number of carbonyl (C=O) groups is 1. The Kier molecular flexibility index (Phi) is 5.29. The molecule has 7 heteroatoms. The van der Waals surface area contributed by atoms with Gasteiger partial charge in [0.05, 0.1) is 22.6 Å². The van der Waals surface area contributed by atoms with Gasteiger partial charge in [0, 0.05) is 0 Å². The van der Waals surface area contributed by atoms with Crippen molar-refractivity contribution in [3.63, 3.8) is 0 Å². The number of thioether (sulfide) groups is 1. The largest absolute Gasteiger partial charge is 0.493 e. The molecule has 1 aliphatic heterocycles. The van der Waals surface area contributed by atoms with Gasteiger partial charge in [0.25, 0.3) is 5.91 Å². The number of thiocarbonyl (C=S) groups is 1. The fourth-order valence-electron chi connectivity index (χ4n) is 1.75. The lowest BCUT2D eigenvalue weighted by Crippen LogP contribution is -2.17. The Morgan fingerprint density at radius 3 is 2.67 bits per heavy atom. The second-order valence-electron chi connectivity index (χ2n) is 4.55. The Labute approximate surface area is 141 Å². The van der Waals surface area contributed by atoms with Crippen LogP contribution >= 0.6 is 39.9 Å². The van der Waals surface area contributed by atoms with Gasteiger partial charge in [-0.3, -0.25) is 4.79 Å². The van der Waals surface area contributed by atoms with E-state index in [0.29, 0.717) is 20.7 Å². The number of benzene rings is 1. The summed E-state index contributed by atoms with van der Waals surface area (Å²) in [7, 11) is 1.58. The smallest absolute Gasteiger partial charge is 0.263 e. The summed E-state index contributed by atoms with van der Waals surface area (Å²) >= 11 is 9.69. The molecule has 0 unspecified atom stereocenters. The minimum atomic E-state index is -0.178. The van der Waals surface area contributed by atoms with Crippen molar-refractivity contribution in [2.45, 2.75) is 20.0 Å². The molecule has 21 heavy (non-hydrogen) atoms. The average Bonchev–Trinajstić information content (AvgIpc) is 2.70. The van der Waals surface area contributed by atoms with Crippen LogP contribution in [0.5, 0.6) is 11.5 Å². The third kappa shape index (κ3) is 3.99. The molecule has 1 aromatic carbocycles. The number of halogens is 1. The van der Waals surface area contributed by atoms with Gasteiger partial charge in [-0.2, -0.15) is 0 Å². The van der Waals surface area contributed by atoms with Gasteiger partial charge >= 0.3 is 0 Å². The Hall–Kier alpha value is -1.05. The SMILES string of the molecule is COc1cc(C=C2SC(=S)NC2=O)cc(Br)c1OC(C)C. The van der Waals surface area contributed by atoms with Crippen molar-refractivity contribution in [3.8, 4) is 11.5 Å². The van der Waals surface area contributed by atoms with Gasteiger partial charge in [0.1, 0.15) is 4.32 Å². The van der Waals surface area contributed by atoms with E-state index in [1.54, 1.807) is 13.2 Å². The lowest BCUT2D eigenvalue weighted by Gasteiger charge is -2.16. The molecule has 1 aliphatic rings. The molecule has 1 aromatic rings. The van der Waals surface area contributed by atoms with Crippen molar-refractivity contribution in [2.24, 2.45) is 0 Å². The van der Waals surface area contributed by atoms with Crippen LogP contribution in [-0.2, 0) is 4.79 Å². The van der Waals surface area contributed by atoms with Crippen molar-refractivity contribution in [3.05, 3.63) is 27.1 Å². The van der Waals surface area contributed by atoms with Crippen LogP contribution in [0, 0.1) is 0 Å². The van der Waals surface area contributed by atoms with E-state index in [1.165, 1.54) is 11.8 Å². The van der Waals surface area contributed by atoms with Crippen LogP contribution in [0.3, 0.4) is 0 Å². The van der Waals surface area contributed by atoms with E-state index < -0.39 is 0 Å². The first-order chi connectivity index (χ1) is 9.90. The summed E-state index contributed by atoms with van der Waals surface area (Å²) in [5, 5.41) is 2.59. The highest BCUT2D eigenvalue weighted by Gasteiger charge is 2.22. The number of rotatable bonds is 4. The summed E-state index contributed by atoms with van der Waals surface area (Å²) in [6.45, 7) is 3.89. The van der Waals surface area contributed by atoms with E-state index in [0.717, 1.165) is 10.0 Å². The summed E-state index contributed by atoms with van der Waals surface area (Å²) in [5.74, 6) is 1.08. The van der Waals surface area contributed by atoms with E-state index in [1.807, 2.05) is 26.0 Å². The molecule has 1 N–H and O–H groups in total. The fourth-order valence-corrected chi connectivity index (χ4v) is 3.34. The number of carbonyl (C=O) groups excluding carboxylic acids is 1. The van der Waals surface area contributed by atoms with Crippen LogP contribution < -0.4 is 14.8 Å². The van der Waals surface area contributed by atoms with Crippen molar-refractivity contribution >= 4 is 56.2 Å². The highest BCUT2D eigenvalue weighted by atomic mass is 79.9. The number of methoxy groups -OCH3 is 1. The molecule has 1 fully saturated rings. The zero-order chi connectivity index (χ0) is 15.6. The van der Waals surface area contributed by atoms with E-state index in [-0.39, 0.29) is 12.0 Å². The Balaban J connectivity index is 2.38. The zero-order valence-corrected chi connectivity index (χ0v) is 14.9. The average molecular weight is 388 g/mol. The van der Waals surface area contributed by atoms with Gasteiger partial charge in [-0.25, -0.2) is 0 Å². The molecule has 2 rings (SSSR count). The summed E-state index contributed by atoms with van der Waals surface area (Å²) in [4.78, 5) is 12.2. The topological polar surface area (TPSA) is 47.6 Å². The highest BCUT2D eigenvalue weighted by Crippen LogP contribution is 2.38. The quantitative estimate of drug-likeness (QED) is 0.629. The summed E-state index contributed by atoms with van der Waals surface area (Å²) in [6.07, 6.45) is 1.80. The van der Waals surface area contributed by atoms with Gasteiger partial charge in [0.15, 0.2) is 11.5 Å². The van der Waals surface area contributed by atoms with Gasteiger partial charge in [-0.1, -0.05) is 24.0 Å². The van der Waals surface area contributed by atoms with Crippen molar-refractivity contribution < 1.29 is 14.3 Å². The molecule has 0 aliphatic carbocycles. The maximum Gasteiger partial charge on any atom is 0.263 e. The summed E-state index contributed by atoms with van der Waals surface area (Å²) in [5.41, 5.74) is 0.831.